The second kappa shape index (κ2) is 8.70. The number of hydrogen-bond acceptors (Lipinski definition) is 6. The fraction of sp³-hybridized carbons (Fsp3) is 0.176. The van der Waals surface area contributed by atoms with Crippen LogP contribution < -0.4 is 10.1 Å². The molecule has 7 nitrogen and oxygen atoms in total. The SMILES string of the molecule is CS(=O)(=O)c1ccc(Cl)c(C(=O)OCC(=O)Nc2ccc(OC(F)(F)F)cc2)c1. The number of alkyl halides is 3. The van der Waals surface area contributed by atoms with Crippen LogP contribution in [0.5, 0.6) is 5.75 Å². The van der Waals surface area contributed by atoms with Gasteiger partial charge in [0.25, 0.3) is 5.91 Å². The summed E-state index contributed by atoms with van der Waals surface area (Å²) in [6.45, 7) is -0.737. The van der Waals surface area contributed by atoms with Crippen molar-refractivity contribution in [3.8, 4) is 5.75 Å². The Morgan fingerprint density at radius 3 is 2.28 bits per heavy atom. The van der Waals surface area contributed by atoms with Crippen LogP contribution in [0, 0.1) is 0 Å². The molecule has 0 aromatic heterocycles. The number of ether oxygens (including phenoxy) is 2. The summed E-state index contributed by atoms with van der Waals surface area (Å²) in [4.78, 5) is 23.8. The number of esters is 1. The van der Waals surface area contributed by atoms with E-state index in [0.717, 1.165) is 36.6 Å². The molecule has 0 saturated carbocycles. The van der Waals surface area contributed by atoms with Crippen LogP contribution in [-0.4, -0.2) is 39.5 Å². The lowest BCUT2D eigenvalue weighted by molar-refractivity contribution is -0.274. The highest BCUT2D eigenvalue weighted by Crippen LogP contribution is 2.24. The zero-order valence-corrected chi connectivity index (χ0v) is 16.2. The summed E-state index contributed by atoms with van der Waals surface area (Å²) < 4.78 is 67.9. The number of anilines is 1. The lowest BCUT2D eigenvalue weighted by Crippen LogP contribution is -2.21. The maximum absolute atomic E-state index is 12.1. The Bertz CT molecular complexity index is 1020. The molecule has 0 heterocycles. The summed E-state index contributed by atoms with van der Waals surface area (Å²) >= 11 is 5.86. The quantitative estimate of drug-likeness (QED) is 0.675. The number of nitrogens with one attached hydrogen (secondary N) is 1. The van der Waals surface area contributed by atoms with Crippen LogP contribution in [-0.2, 0) is 19.4 Å². The molecule has 2 aromatic rings. The van der Waals surface area contributed by atoms with E-state index in [1.54, 1.807) is 0 Å². The average molecular weight is 452 g/mol. The summed E-state index contributed by atoms with van der Waals surface area (Å²) in [5.41, 5.74) is -0.103. The van der Waals surface area contributed by atoms with Gasteiger partial charge in [-0.15, -0.1) is 13.2 Å². The van der Waals surface area contributed by atoms with Crippen molar-refractivity contribution in [2.45, 2.75) is 11.3 Å². The van der Waals surface area contributed by atoms with Crippen LogP contribution in [0.15, 0.2) is 47.4 Å². The van der Waals surface area contributed by atoms with Crippen molar-refractivity contribution in [3.05, 3.63) is 53.1 Å². The Morgan fingerprint density at radius 2 is 1.72 bits per heavy atom. The van der Waals surface area contributed by atoms with E-state index in [1.807, 2.05) is 0 Å². The predicted octanol–water partition coefficient (Wildman–Crippen LogP) is 3.44. The molecule has 0 atom stereocenters. The van der Waals surface area contributed by atoms with Crippen molar-refractivity contribution in [1.29, 1.82) is 0 Å². The minimum atomic E-state index is -4.84. The Morgan fingerprint density at radius 1 is 1.10 bits per heavy atom. The number of carbonyl (C=O) groups is 2. The molecule has 0 aliphatic carbocycles. The molecular formula is C17H13ClF3NO6S. The average Bonchev–Trinajstić information content (AvgIpc) is 2.59. The van der Waals surface area contributed by atoms with Crippen molar-refractivity contribution >= 4 is 39.0 Å². The van der Waals surface area contributed by atoms with Gasteiger partial charge >= 0.3 is 12.3 Å². The first-order valence-electron chi connectivity index (χ1n) is 7.67. The van der Waals surface area contributed by atoms with Crippen LogP contribution in [0.25, 0.3) is 0 Å². The van der Waals surface area contributed by atoms with Crippen molar-refractivity contribution in [2.75, 3.05) is 18.2 Å². The van der Waals surface area contributed by atoms with Crippen molar-refractivity contribution < 1.29 is 40.7 Å². The molecule has 0 saturated heterocycles. The van der Waals surface area contributed by atoms with E-state index in [0.29, 0.717) is 0 Å². The summed E-state index contributed by atoms with van der Waals surface area (Å²) in [5.74, 6) is -2.27. The Kier molecular flexibility index (Phi) is 6.75. The second-order valence-corrected chi connectivity index (χ2v) is 8.03. The van der Waals surface area contributed by atoms with Gasteiger partial charge in [-0.2, -0.15) is 0 Å². The first kappa shape index (κ1) is 22.5. The zero-order valence-electron chi connectivity index (χ0n) is 14.6. The molecular weight excluding hydrogens is 439 g/mol. The fourth-order valence-electron chi connectivity index (χ4n) is 2.04. The molecule has 2 aromatic carbocycles. The summed E-state index contributed by atoms with van der Waals surface area (Å²) in [6.07, 6.45) is -3.89. The fourth-order valence-corrected chi connectivity index (χ4v) is 2.88. The molecule has 29 heavy (non-hydrogen) atoms. The minimum Gasteiger partial charge on any atom is -0.452 e. The molecule has 0 spiro atoms. The van der Waals surface area contributed by atoms with E-state index < -0.39 is 40.4 Å². The molecule has 1 N–H and O–H groups in total. The monoisotopic (exact) mass is 451 g/mol. The molecule has 0 bridgehead atoms. The Hall–Kier alpha value is -2.79. The van der Waals surface area contributed by atoms with Crippen molar-refractivity contribution in [3.63, 3.8) is 0 Å². The molecule has 2 rings (SSSR count). The maximum Gasteiger partial charge on any atom is 0.573 e. The Labute approximate surface area is 168 Å². The second-order valence-electron chi connectivity index (χ2n) is 5.61. The van der Waals surface area contributed by atoms with E-state index in [1.165, 1.54) is 12.1 Å². The topological polar surface area (TPSA) is 98.8 Å². The third-order valence-electron chi connectivity index (χ3n) is 3.29. The summed E-state index contributed by atoms with van der Waals surface area (Å²) in [6, 6.07) is 7.75. The minimum absolute atomic E-state index is 0.0666. The van der Waals surface area contributed by atoms with Gasteiger partial charge in [-0.25, -0.2) is 13.2 Å². The number of sulfone groups is 1. The van der Waals surface area contributed by atoms with Gasteiger partial charge in [0.1, 0.15) is 5.75 Å². The molecule has 0 radical (unpaired) electrons. The lowest BCUT2D eigenvalue weighted by atomic mass is 10.2. The zero-order chi connectivity index (χ0) is 21.8. The molecule has 0 aliphatic heterocycles. The van der Waals surface area contributed by atoms with Gasteiger partial charge in [0.15, 0.2) is 16.4 Å². The van der Waals surface area contributed by atoms with Gasteiger partial charge in [0.05, 0.1) is 15.5 Å². The third-order valence-corrected chi connectivity index (χ3v) is 4.73. The number of amides is 1. The molecule has 156 valence electrons. The molecule has 0 fully saturated rings. The van der Waals surface area contributed by atoms with Crippen LogP contribution in [0.1, 0.15) is 10.4 Å². The molecule has 0 aliphatic rings. The van der Waals surface area contributed by atoms with Crippen LogP contribution in [0.3, 0.4) is 0 Å². The first-order valence-corrected chi connectivity index (χ1v) is 9.94. The van der Waals surface area contributed by atoms with Crippen molar-refractivity contribution in [1.82, 2.24) is 0 Å². The van der Waals surface area contributed by atoms with Gasteiger partial charge in [-0.1, -0.05) is 11.6 Å². The van der Waals surface area contributed by atoms with E-state index in [-0.39, 0.29) is 21.2 Å². The van der Waals surface area contributed by atoms with Gasteiger partial charge < -0.3 is 14.8 Å². The number of carbonyl (C=O) groups excluding carboxylic acids is 2. The maximum atomic E-state index is 12.1. The summed E-state index contributed by atoms with van der Waals surface area (Å²) in [7, 11) is -3.59. The van der Waals surface area contributed by atoms with Crippen LogP contribution in [0.4, 0.5) is 18.9 Å². The normalized spacial score (nSPS) is 11.6. The van der Waals surface area contributed by atoms with Crippen molar-refractivity contribution in [2.24, 2.45) is 0 Å². The highest BCUT2D eigenvalue weighted by atomic mass is 35.5. The van der Waals surface area contributed by atoms with Gasteiger partial charge in [0, 0.05) is 11.9 Å². The molecule has 0 unspecified atom stereocenters. The summed E-state index contributed by atoms with van der Waals surface area (Å²) in [5, 5.41) is 2.24. The van der Waals surface area contributed by atoms with E-state index >= 15 is 0 Å². The molecule has 1 amide bonds. The van der Waals surface area contributed by atoms with E-state index in [4.69, 9.17) is 16.3 Å². The molecule has 12 heteroatoms. The standard InChI is InChI=1S/C17H13ClF3NO6S/c1-29(25,26)12-6-7-14(18)13(8-12)16(24)27-9-15(23)22-10-2-4-11(5-3-10)28-17(19,20)21/h2-8H,9H2,1H3,(H,22,23). The van der Waals surface area contributed by atoms with Gasteiger partial charge in [0.2, 0.25) is 0 Å². The largest absolute Gasteiger partial charge is 0.573 e. The predicted molar refractivity (Wildman–Crippen MR) is 96.6 cm³/mol. The first-order chi connectivity index (χ1) is 13.3. The third kappa shape index (κ3) is 6.95. The van der Waals surface area contributed by atoms with E-state index in [2.05, 4.69) is 10.1 Å². The Balaban J connectivity index is 1.96. The highest BCUT2D eigenvalue weighted by molar-refractivity contribution is 7.90. The van der Waals surface area contributed by atoms with Gasteiger partial charge in [-0.05, 0) is 42.5 Å². The van der Waals surface area contributed by atoms with Gasteiger partial charge in [-0.3, -0.25) is 4.79 Å². The van der Waals surface area contributed by atoms with Crippen LogP contribution in [0.2, 0.25) is 5.02 Å². The number of benzene rings is 2. The van der Waals surface area contributed by atoms with Crippen LogP contribution >= 0.6 is 11.6 Å². The van der Waals surface area contributed by atoms with E-state index in [9.17, 15) is 31.2 Å². The highest BCUT2D eigenvalue weighted by Gasteiger charge is 2.31. The number of halogens is 4. The smallest absolute Gasteiger partial charge is 0.452 e. The number of rotatable bonds is 6. The number of hydrogen-bond donors (Lipinski definition) is 1. The lowest BCUT2D eigenvalue weighted by Gasteiger charge is -2.10.